The standard InChI is InChI=1S/C13H17NO2/c15-13(16)11-8-9-14-12(11)7-6-10-4-2-1-3-5-10/h1-5,11-12,14H,6-9H2,(H,15,16). The third kappa shape index (κ3) is 2.61. The highest BCUT2D eigenvalue weighted by molar-refractivity contribution is 5.71. The van der Waals surface area contributed by atoms with E-state index in [0.717, 1.165) is 25.8 Å². The van der Waals surface area contributed by atoms with Crippen LogP contribution in [0.25, 0.3) is 0 Å². The summed E-state index contributed by atoms with van der Waals surface area (Å²) in [7, 11) is 0. The topological polar surface area (TPSA) is 49.3 Å². The van der Waals surface area contributed by atoms with Gasteiger partial charge in [0.25, 0.3) is 0 Å². The zero-order chi connectivity index (χ0) is 11.4. The van der Waals surface area contributed by atoms with Gasteiger partial charge in [0.05, 0.1) is 5.92 Å². The van der Waals surface area contributed by atoms with E-state index in [1.54, 1.807) is 0 Å². The molecule has 2 unspecified atom stereocenters. The second-order valence-electron chi connectivity index (χ2n) is 4.32. The van der Waals surface area contributed by atoms with Gasteiger partial charge in [0.1, 0.15) is 0 Å². The average molecular weight is 219 g/mol. The lowest BCUT2D eigenvalue weighted by molar-refractivity contribution is -0.142. The summed E-state index contributed by atoms with van der Waals surface area (Å²) in [5.41, 5.74) is 1.28. The lowest BCUT2D eigenvalue weighted by Crippen LogP contribution is -2.31. The van der Waals surface area contributed by atoms with Gasteiger partial charge < -0.3 is 10.4 Å². The molecular formula is C13H17NO2. The molecule has 1 fully saturated rings. The van der Waals surface area contributed by atoms with Crippen molar-refractivity contribution in [2.45, 2.75) is 25.3 Å². The third-order valence-corrected chi connectivity index (χ3v) is 3.25. The van der Waals surface area contributed by atoms with Crippen molar-refractivity contribution in [1.82, 2.24) is 5.32 Å². The molecule has 1 heterocycles. The SMILES string of the molecule is O=C(O)C1CCNC1CCc1ccccc1. The molecule has 1 aromatic rings. The van der Waals surface area contributed by atoms with Gasteiger partial charge in [0.2, 0.25) is 0 Å². The predicted octanol–water partition coefficient (Wildman–Crippen LogP) is 1.68. The van der Waals surface area contributed by atoms with E-state index in [2.05, 4.69) is 17.4 Å². The quantitative estimate of drug-likeness (QED) is 0.810. The van der Waals surface area contributed by atoms with Crippen molar-refractivity contribution in [2.24, 2.45) is 5.92 Å². The zero-order valence-corrected chi connectivity index (χ0v) is 9.23. The molecule has 3 heteroatoms. The Morgan fingerprint density at radius 2 is 2.12 bits per heavy atom. The summed E-state index contributed by atoms with van der Waals surface area (Å²) >= 11 is 0. The van der Waals surface area contributed by atoms with Crippen LogP contribution in [0.5, 0.6) is 0 Å². The van der Waals surface area contributed by atoms with E-state index < -0.39 is 5.97 Å². The molecule has 0 aromatic heterocycles. The van der Waals surface area contributed by atoms with Crippen LogP contribution in [0.2, 0.25) is 0 Å². The van der Waals surface area contributed by atoms with Crippen LogP contribution in [0.3, 0.4) is 0 Å². The first kappa shape index (κ1) is 11.1. The highest BCUT2D eigenvalue weighted by atomic mass is 16.4. The average Bonchev–Trinajstić information content (AvgIpc) is 2.76. The summed E-state index contributed by atoms with van der Waals surface area (Å²) in [6.07, 6.45) is 2.61. The van der Waals surface area contributed by atoms with E-state index in [9.17, 15) is 4.79 Å². The molecule has 1 aromatic carbocycles. The third-order valence-electron chi connectivity index (χ3n) is 3.25. The van der Waals surface area contributed by atoms with Gasteiger partial charge in [-0.15, -0.1) is 0 Å². The Hall–Kier alpha value is -1.35. The minimum Gasteiger partial charge on any atom is -0.481 e. The monoisotopic (exact) mass is 219 g/mol. The molecule has 1 aliphatic rings. The number of aliphatic carboxylic acids is 1. The zero-order valence-electron chi connectivity index (χ0n) is 9.23. The molecule has 0 amide bonds. The van der Waals surface area contributed by atoms with Crippen LogP contribution >= 0.6 is 0 Å². The molecule has 0 saturated carbocycles. The van der Waals surface area contributed by atoms with Crippen molar-refractivity contribution in [2.75, 3.05) is 6.54 Å². The van der Waals surface area contributed by atoms with Gasteiger partial charge in [-0.05, 0) is 31.4 Å². The van der Waals surface area contributed by atoms with Gasteiger partial charge in [0.15, 0.2) is 0 Å². The number of benzene rings is 1. The molecule has 3 nitrogen and oxygen atoms in total. The van der Waals surface area contributed by atoms with Crippen molar-refractivity contribution in [3.8, 4) is 0 Å². The summed E-state index contributed by atoms with van der Waals surface area (Å²) in [6.45, 7) is 0.830. The first-order valence-corrected chi connectivity index (χ1v) is 5.77. The lowest BCUT2D eigenvalue weighted by Gasteiger charge is -2.15. The summed E-state index contributed by atoms with van der Waals surface area (Å²) < 4.78 is 0. The molecule has 2 rings (SSSR count). The van der Waals surface area contributed by atoms with E-state index in [4.69, 9.17) is 5.11 Å². The van der Waals surface area contributed by atoms with E-state index >= 15 is 0 Å². The number of carboxylic acid groups (broad SMARTS) is 1. The summed E-state index contributed by atoms with van der Waals surface area (Å²) in [5, 5.41) is 12.3. The van der Waals surface area contributed by atoms with Gasteiger partial charge in [0, 0.05) is 6.04 Å². The minimum atomic E-state index is -0.664. The molecule has 2 atom stereocenters. The number of rotatable bonds is 4. The maximum absolute atomic E-state index is 11.0. The maximum Gasteiger partial charge on any atom is 0.308 e. The molecule has 1 aliphatic heterocycles. The molecule has 86 valence electrons. The van der Waals surface area contributed by atoms with Crippen molar-refractivity contribution in [3.63, 3.8) is 0 Å². The van der Waals surface area contributed by atoms with Crippen LogP contribution in [0.15, 0.2) is 30.3 Å². The van der Waals surface area contributed by atoms with Crippen LogP contribution in [0.4, 0.5) is 0 Å². The van der Waals surface area contributed by atoms with Crippen LogP contribution in [0.1, 0.15) is 18.4 Å². The number of carbonyl (C=O) groups is 1. The molecular weight excluding hydrogens is 202 g/mol. The molecule has 0 radical (unpaired) electrons. The Morgan fingerprint density at radius 3 is 2.81 bits per heavy atom. The van der Waals surface area contributed by atoms with Gasteiger partial charge >= 0.3 is 5.97 Å². The van der Waals surface area contributed by atoms with Crippen LogP contribution < -0.4 is 5.32 Å². The summed E-state index contributed by atoms with van der Waals surface area (Å²) in [4.78, 5) is 11.0. The predicted molar refractivity (Wildman–Crippen MR) is 62.3 cm³/mol. The number of hydrogen-bond acceptors (Lipinski definition) is 2. The highest BCUT2D eigenvalue weighted by Gasteiger charge is 2.31. The number of nitrogens with one attached hydrogen (secondary N) is 1. The Labute approximate surface area is 95.5 Å². The fourth-order valence-electron chi connectivity index (χ4n) is 2.33. The fourth-order valence-corrected chi connectivity index (χ4v) is 2.33. The first-order chi connectivity index (χ1) is 7.77. The van der Waals surface area contributed by atoms with Gasteiger partial charge in [-0.1, -0.05) is 30.3 Å². The minimum absolute atomic E-state index is 0.137. The largest absolute Gasteiger partial charge is 0.481 e. The summed E-state index contributed by atoms with van der Waals surface area (Å²) in [6, 6.07) is 10.4. The molecule has 1 saturated heterocycles. The number of carboxylic acids is 1. The Bertz CT molecular complexity index is 350. The lowest BCUT2D eigenvalue weighted by atomic mass is 9.95. The number of aryl methyl sites for hydroxylation is 1. The second-order valence-corrected chi connectivity index (χ2v) is 4.32. The van der Waals surface area contributed by atoms with Gasteiger partial charge in [-0.25, -0.2) is 0 Å². The fraction of sp³-hybridized carbons (Fsp3) is 0.462. The summed E-state index contributed by atoms with van der Waals surface area (Å²) in [5.74, 6) is -0.869. The molecule has 2 N–H and O–H groups in total. The molecule has 0 aliphatic carbocycles. The van der Waals surface area contributed by atoms with Crippen LogP contribution in [0, 0.1) is 5.92 Å². The van der Waals surface area contributed by atoms with E-state index in [0.29, 0.717) is 0 Å². The van der Waals surface area contributed by atoms with Crippen molar-refractivity contribution < 1.29 is 9.90 Å². The highest BCUT2D eigenvalue weighted by Crippen LogP contribution is 2.20. The Morgan fingerprint density at radius 1 is 1.38 bits per heavy atom. The first-order valence-electron chi connectivity index (χ1n) is 5.77. The molecule has 16 heavy (non-hydrogen) atoms. The normalized spacial score (nSPS) is 24.5. The van der Waals surface area contributed by atoms with E-state index in [1.807, 2.05) is 18.2 Å². The van der Waals surface area contributed by atoms with Crippen LogP contribution in [-0.2, 0) is 11.2 Å². The number of hydrogen-bond donors (Lipinski definition) is 2. The smallest absolute Gasteiger partial charge is 0.308 e. The van der Waals surface area contributed by atoms with Gasteiger partial charge in [-0.2, -0.15) is 0 Å². The van der Waals surface area contributed by atoms with Crippen LogP contribution in [-0.4, -0.2) is 23.7 Å². The molecule has 0 spiro atoms. The second kappa shape index (κ2) is 5.12. The Kier molecular flexibility index (Phi) is 3.57. The van der Waals surface area contributed by atoms with Gasteiger partial charge in [-0.3, -0.25) is 4.79 Å². The Balaban J connectivity index is 1.88. The maximum atomic E-state index is 11.0. The van der Waals surface area contributed by atoms with Crippen molar-refractivity contribution in [3.05, 3.63) is 35.9 Å². The molecule has 0 bridgehead atoms. The van der Waals surface area contributed by atoms with Crippen molar-refractivity contribution >= 4 is 5.97 Å². The van der Waals surface area contributed by atoms with E-state index in [1.165, 1.54) is 5.56 Å². The van der Waals surface area contributed by atoms with Crippen molar-refractivity contribution in [1.29, 1.82) is 0 Å². The van der Waals surface area contributed by atoms with E-state index in [-0.39, 0.29) is 12.0 Å².